The summed E-state index contributed by atoms with van der Waals surface area (Å²) in [5, 5.41) is 0.684. The molecule has 108 valence electrons. The molecule has 0 amide bonds. The minimum Gasteiger partial charge on any atom is -0.465 e. The van der Waals surface area contributed by atoms with E-state index in [0.29, 0.717) is 38.1 Å². The zero-order chi connectivity index (χ0) is 13.9. The van der Waals surface area contributed by atoms with E-state index < -0.39 is 0 Å². The van der Waals surface area contributed by atoms with Crippen molar-refractivity contribution in [2.45, 2.75) is 20.1 Å². The van der Waals surface area contributed by atoms with E-state index >= 15 is 0 Å². The Bertz CT molecular complexity index is 329. The Morgan fingerprint density at radius 1 is 1.00 bits per heavy atom. The summed E-state index contributed by atoms with van der Waals surface area (Å²) >= 11 is 5.79. The first-order valence-corrected chi connectivity index (χ1v) is 6.79. The molecule has 0 spiro atoms. The highest BCUT2D eigenvalue weighted by Crippen LogP contribution is 2.16. The van der Waals surface area contributed by atoms with Crippen molar-refractivity contribution in [1.29, 1.82) is 0 Å². The van der Waals surface area contributed by atoms with Gasteiger partial charge in [0.2, 0.25) is 0 Å². The van der Waals surface area contributed by atoms with Crippen LogP contribution in [0.3, 0.4) is 0 Å². The van der Waals surface area contributed by atoms with E-state index in [9.17, 15) is 0 Å². The zero-order valence-corrected chi connectivity index (χ0v) is 12.2. The third-order valence-electron chi connectivity index (χ3n) is 2.27. The van der Waals surface area contributed by atoms with E-state index in [4.69, 9.17) is 30.5 Å². The van der Waals surface area contributed by atoms with Crippen LogP contribution in [-0.4, -0.2) is 39.3 Å². The molecule has 0 saturated heterocycles. The van der Waals surface area contributed by atoms with Crippen molar-refractivity contribution in [3.63, 3.8) is 0 Å². The summed E-state index contributed by atoms with van der Waals surface area (Å²) in [6.45, 7) is 6.73. The highest BCUT2D eigenvalue weighted by Gasteiger charge is 2.03. The fraction of sp³-hybridized carbons (Fsp3) is 0.571. The Labute approximate surface area is 119 Å². The van der Waals surface area contributed by atoms with Crippen molar-refractivity contribution in [2.24, 2.45) is 0 Å². The maximum absolute atomic E-state index is 5.79. The Morgan fingerprint density at radius 2 is 1.63 bits per heavy atom. The fourth-order valence-corrected chi connectivity index (χ4v) is 1.50. The van der Waals surface area contributed by atoms with Gasteiger partial charge in [-0.25, -0.2) is 0 Å². The number of hydrogen-bond acceptors (Lipinski definition) is 4. The van der Waals surface area contributed by atoms with Gasteiger partial charge >= 0.3 is 0 Å². The predicted molar refractivity (Wildman–Crippen MR) is 74.8 cm³/mol. The average molecular weight is 289 g/mol. The smallest absolute Gasteiger partial charge is 0.197 e. The largest absolute Gasteiger partial charge is 0.465 e. The molecule has 19 heavy (non-hydrogen) atoms. The van der Waals surface area contributed by atoms with Crippen molar-refractivity contribution in [3.8, 4) is 5.75 Å². The normalized spacial score (nSPS) is 12.4. The summed E-state index contributed by atoms with van der Waals surface area (Å²) < 4.78 is 21.5. The van der Waals surface area contributed by atoms with Crippen LogP contribution in [-0.2, 0) is 14.2 Å². The molecular formula is C14H21ClO4. The van der Waals surface area contributed by atoms with Crippen LogP contribution >= 0.6 is 11.6 Å². The van der Waals surface area contributed by atoms with Crippen molar-refractivity contribution in [1.82, 2.24) is 0 Å². The predicted octanol–water partition coefficient (Wildman–Crippen LogP) is 3.13. The second-order valence-electron chi connectivity index (χ2n) is 3.82. The Kier molecular flexibility index (Phi) is 8.58. The van der Waals surface area contributed by atoms with Gasteiger partial charge in [0.05, 0.1) is 26.4 Å². The van der Waals surface area contributed by atoms with Crippen molar-refractivity contribution in [2.75, 3.05) is 33.0 Å². The highest BCUT2D eigenvalue weighted by atomic mass is 35.5. The third-order valence-corrected chi connectivity index (χ3v) is 2.52. The standard InChI is InChI=1S/C14H21ClO4/c1-3-16-8-9-17-10-11-18-12(2)19-14-6-4-13(15)5-7-14/h4-7,12H,3,8-11H2,1-2H3. The van der Waals surface area contributed by atoms with E-state index in [-0.39, 0.29) is 6.29 Å². The van der Waals surface area contributed by atoms with E-state index in [2.05, 4.69) is 0 Å². The molecule has 0 aliphatic heterocycles. The molecule has 0 bridgehead atoms. The van der Waals surface area contributed by atoms with Gasteiger partial charge in [-0.1, -0.05) is 11.6 Å². The number of rotatable bonds is 10. The van der Waals surface area contributed by atoms with Gasteiger partial charge in [0, 0.05) is 11.6 Å². The Balaban J connectivity index is 2.04. The molecule has 1 rings (SSSR count). The number of halogens is 1. The lowest BCUT2D eigenvalue weighted by Crippen LogP contribution is -2.19. The molecule has 1 atom stereocenters. The maximum Gasteiger partial charge on any atom is 0.197 e. The molecular weight excluding hydrogens is 268 g/mol. The van der Waals surface area contributed by atoms with Gasteiger partial charge in [0.15, 0.2) is 6.29 Å². The monoisotopic (exact) mass is 288 g/mol. The minimum atomic E-state index is -0.323. The molecule has 4 nitrogen and oxygen atoms in total. The summed E-state index contributed by atoms with van der Waals surface area (Å²) in [6.07, 6.45) is -0.323. The SMILES string of the molecule is CCOCCOCCOC(C)Oc1ccc(Cl)cc1. The summed E-state index contributed by atoms with van der Waals surface area (Å²) in [4.78, 5) is 0. The lowest BCUT2D eigenvalue weighted by Gasteiger charge is -2.15. The first kappa shape index (κ1) is 16.2. The van der Waals surface area contributed by atoms with Crippen LogP contribution < -0.4 is 4.74 Å². The van der Waals surface area contributed by atoms with Crippen LogP contribution in [0.25, 0.3) is 0 Å². The van der Waals surface area contributed by atoms with Gasteiger partial charge in [0.1, 0.15) is 5.75 Å². The lowest BCUT2D eigenvalue weighted by atomic mass is 10.3. The summed E-state index contributed by atoms with van der Waals surface area (Å²) in [7, 11) is 0. The van der Waals surface area contributed by atoms with E-state index in [0.717, 1.165) is 5.75 Å². The molecule has 0 heterocycles. The van der Waals surface area contributed by atoms with Gasteiger partial charge in [-0.2, -0.15) is 0 Å². The minimum absolute atomic E-state index is 0.323. The Hall–Kier alpha value is -0.810. The van der Waals surface area contributed by atoms with Gasteiger partial charge < -0.3 is 18.9 Å². The highest BCUT2D eigenvalue weighted by molar-refractivity contribution is 6.30. The zero-order valence-electron chi connectivity index (χ0n) is 11.4. The first-order valence-electron chi connectivity index (χ1n) is 6.41. The molecule has 1 aromatic carbocycles. The summed E-state index contributed by atoms with van der Waals surface area (Å²) in [6, 6.07) is 7.17. The molecule has 0 aromatic heterocycles. The Morgan fingerprint density at radius 3 is 2.32 bits per heavy atom. The van der Waals surface area contributed by atoms with Crippen LogP contribution in [0.2, 0.25) is 5.02 Å². The maximum atomic E-state index is 5.79. The fourth-order valence-electron chi connectivity index (χ4n) is 1.38. The van der Waals surface area contributed by atoms with Crippen molar-refractivity contribution >= 4 is 11.6 Å². The lowest BCUT2D eigenvalue weighted by molar-refractivity contribution is -0.0859. The number of ether oxygens (including phenoxy) is 4. The first-order chi connectivity index (χ1) is 9.22. The molecule has 0 radical (unpaired) electrons. The molecule has 0 N–H and O–H groups in total. The van der Waals surface area contributed by atoms with Crippen LogP contribution in [0.5, 0.6) is 5.75 Å². The average Bonchev–Trinajstić information content (AvgIpc) is 2.40. The molecule has 0 saturated carbocycles. The topological polar surface area (TPSA) is 36.9 Å². The quantitative estimate of drug-likeness (QED) is 0.490. The second-order valence-corrected chi connectivity index (χ2v) is 4.26. The van der Waals surface area contributed by atoms with Gasteiger partial charge in [-0.3, -0.25) is 0 Å². The van der Waals surface area contributed by atoms with Crippen molar-refractivity contribution < 1.29 is 18.9 Å². The summed E-state index contributed by atoms with van der Waals surface area (Å²) in [5.74, 6) is 0.731. The van der Waals surface area contributed by atoms with E-state index in [1.807, 2.05) is 13.8 Å². The van der Waals surface area contributed by atoms with Crippen LogP contribution in [0, 0.1) is 0 Å². The van der Waals surface area contributed by atoms with Crippen LogP contribution in [0.4, 0.5) is 0 Å². The van der Waals surface area contributed by atoms with Gasteiger partial charge in [-0.15, -0.1) is 0 Å². The summed E-state index contributed by atoms with van der Waals surface area (Å²) in [5.41, 5.74) is 0. The molecule has 0 fully saturated rings. The molecule has 0 aliphatic carbocycles. The number of benzene rings is 1. The molecule has 5 heteroatoms. The molecule has 1 aromatic rings. The molecule has 1 unspecified atom stereocenters. The van der Waals surface area contributed by atoms with Crippen molar-refractivity contribution in [3.05, 3.63) is 29.3 Å². The molecule has 0 aliphatic rings. The third kappa shape index (κ3) is 8.06. The van der Waals surface area contributed by atoms with Gasteiger partial charge in [0.25, 0.3) is 0 Å². The van der Waals surface area contributed by atoms with Crippen LogP contribution in [0.1, 0.15) is 13.8 Å². The number of hydrogen-bond donors (Lipinski definition) is 0. The van der Waals surface area contributed by atoms with Crippen LogP contribution in [0.15, 0.2) is 24.3 Å². The van der Waals surface area contributed by atoms with E-state index in [1.165, 1.54) is 0 Å². The van der Waals surface area contributed by atoms with E-state index in [1.54, 1.807) is 24.3 Å². The second kappa shape index (κ2) is 10.0. The van der Waals surface area contributed by atoms with Gasteiger partial charge in [-0.05, 0) is 38.1 Å².